The van der Waals surface area contributed by atoms with Crippen molar-refractivity contribution in [1.29, 1.82) is 0 Å². The molecule has 0 aromatic heterocycles. The summed E-state index contributed by atoms with van der Waals surface area (Å²) in [6, 6.07) is 13.5. The molecule has 0 atom stereocenters. The molecule has 8 heteroatoms. The molecule has 0 saturated heterocycles. The van der Waals surface area contributed by atoms with E-state index in [0.717, 1.165) is 0 Å². The van der Waals surface area contributed by atoms with Crippen LogP contribution in [-0.4, -0.2) is 29.5 Å². The lowest BCUT2D eigenvalue weighted by molar-refractivity contribution is -0.118. The predicted molar refractivity (Wildman–Crippen MR) is 113 cm³/mol. The molecule has 0 fully saturated rings. The van der Waals surface area contributed by atoms with Crippen LogP contribution in [0.25, 0.3) is 0 Å². The van der Waals surface area contributed by atoms with Gasteiger partial charge >= 0.3 is 0 Å². The summed E-state index contributed by atoms with van der Waals surface area (Å²) in [5, 5.41) is 11.2. The van der Waals surface area contributed by atoms with Crippen LogP contribution in [0.4, 0.5) is 11.4 Å². The second-order valence-electron chi connectivity index (χ2n) is 6.86. The summed E-state index contributed by atoms with van der Waals surface area (Å²) in [6.45, 7) is 3.72. The van der Waals surface area contributed by atoms with Crippen molar-refractivity contribution in [3.05, 3.63) is 59.1 Å². The van der Waals surface area contributed by atoms with Crippen LogP contribution in [0.3, 0.4) is 0 Å². The third kappa shape index (κ3) is 5.00. The number of para-hydroxylation sites is 1. The topological polar surface area (TPSA) is 90.9 Å². The van der Waals surface area contributed by atoms with E-state index in [2.05, 4.69) is 15.7 Å². The van der Waals surface area contributed by atoms with Crippen LogP contribution in [0.2, 0.25) is 5.02 Å². The molecule has 0 radical (unpaired) electrons. The summed E-state index contributed by atoms with van der Waals surface area (Å²) in [7, 11) is 0. The monoisotopic (exact) mass is 412 g/mol. The number of hydrogen-bond donors (Lipinski definition) is 2. The summed E-state index contributed by atoms with van der Waals surface area (Å²) in [4.78, 5) is 37.1. The Kier molecular flexibility index (Phi) is 6.29. The zero-order valence-electron chi connectivity index (χ0n) is 16.1. The van der Waals surface area contributed by atoms with E-state index in [9.17, 15) is 14.4 Å². The smallest absolute Gasteiger partial charge is 0.271 e. The fraction of sp³-hybridized carbons (Fsp3) is 0.238. The Morgan fingerprint density at radius 3 is 2.48 bits per heavy atom. The molecular formula is C21H21ClN4O3. The molecule has 2 aromatic rings. The van der Waals surface area contributed by atoms with Crippen LogP contribution in [0.1, 0.15) is 37.0 Å². The zero-order valence-corrected chi connectivity index (χ0v) is 16.9. The Hall–Kier alpha value is -3.19. The molecule has 2 aromatic carbocycles. The van der Waals surface area contributed by atoms with E-state index in [0.29, 0.717) is 22.0 Å². The number of hydrazone groups is 1. The van der Waals surface area contributed by atoms with Gasteiger partial charge in [-0.2, -0.15) is 5.10 Å². The molecule has 0 aliphatic carbocycles. The van der Waals surface area contributed by atoms with E-state index in [-0.39, 0.29) is 36.4 Å². The summed E-state index contributed by atoms with van der Waals surface area (Å²) in [5.74, 6) is -0.914. The van der Waals surface area contributed by atoms with E-state index < -0.39 is 5.91 Å². The first-order valence-corrected chi connectivity index (χ1v) is 9.60. The molecule has 0 spiro atoms. The third-order valence-electron chi connectivity index (χ3n) is 4.19. The number of carbonyl (C=O) groups excluding carboxylic acids is 3. The number of rotatable bonds is 5. The highest BCUT2D eigenvalue weighted by Crippen LogP contribution is 2.25. The molecule has 0 unspecified atom stereocenters. The number of hydrogen-bond acceptors (Lipinski definition) is 4. The number of anilines is 2. The maximum Gasteiger partial charge on any atom is 0.271 e. The van der Waals surface area contributed by atoms with Gasteiger partial charge in [0.05, 0.1) is 16.4 Å². The molecule has 3 rings (SSSR count). The second-order valence-corrected chi connectivity index (χ2v) is 7.27. The molecule has 7 nitrogen and oxygen atoms in total. The van der Waals surface area contributed by atoms with E-state index in [1.54, 1.807) is 36.4 Å². The maximum absolute atomic E-state index is 12.7. The van der Waals surface area contributed by atoms with E-state index in [1.807, 2.05) is 19.9 Å². The first-order valence-electron chi connectivity index (χ1n) is 9.22. The summed E-state index contributed by atoms with van der Waals surface area (Å²) in [5.41, 5.74) is 1.48. The van der Waals surface area contributed by atoms with Crippen molar-refractivity contribution in [2.24, 2.45) is 5.10 Å². The molecule has 150 valence electrons. The largest absolute Gasteiger partial charge is 0.350 e. The summed E-state index contributed by atoms with van der Waals surface area (Å²) in [6.07, 6.45) is 0.394. The van der Waals surface area contributed by atoms with Crippen molar-refractivity contribution < 1.29 is 14.4 Å². The fourth-order valence-corrected chi connectivity index (χ4v) is 2.95. The maximum atomic E-state index is 12.7. The van der Waals surface area contributed by atoms with Gasteiger partial charge in [-0.25, -0.2) is 5.01 Å². The third-order valence-corrected chi connectivity index (χ3v) is 4.52. The van der Waals surface area contributed by atoms with E-state index >= 15 is 0 Å². The van der Waals surface area contributed by atoms with Crippen LogP contribution >= 0.6 is 11.6 Å². The quantitative estimate of drug-likeness (QED) is 0.786. The van der Waals surface area contributed by atoms with Crippen molar-refractivity contribution in [2.45, 2.75) is 32.7 Å². The first kappa shape index (κ1) is 20.5. The SMILES string of the molecule is CC(C)NC(=O)c1ccc(Cl)c(NC(=O)C2=NN(c3ccccc3)C(=O)CC2)c1. The molecule has 29 heavy (non-hydrogen) atoms. The van der Waals surface area contributed by atoms with Gasteiger partial charge in [0.25, 0.3) is 11.8 Å². The minimum Gasteiger partial charge on any atom is -0.350 e. The standard InChI is InChI=1S/C21H21ClN4O3/c1-13(2)23-20(28)14-8-9-16(22)18(12-14)24-21(29)17-10-11-19(27)26(25-17)15-6-4-3-5-7-15/h3-9,12-13H,10-11H2,1-2H3,(H,23,28)(H,24,29). The molecule has 2 N–H and O–H groups in total. The lowest BCUT2D eigenvalue weighted by Gasteiger charge is -2.23. The van der Waals surface area contributed by atoms with E-state index in [4.69, 9.17) is 11.6 Å². The number of nitrogens with zero attached hydrogens (tertiary/aromatic N) is 2. The van der Waals surface area contributed by atoms with Crippen LogP contribution in [0.15, 0.2) is 53.6 Å². The Morgan fingerprint density at radius 1 is 1.07 bits per heavy atom. The van der Waals surface area contributed by atoms with Crippen LogP contribution < -0.4 is 15.6 Å². The Morgan fingerprint density at radius 2 is 1.79 bits per heavy atom. The van der Waals surface area contributed by atoms with Gasteiger partial charge in [-0.3, -0.25) is 14.4 Å². The minimum atomic E-state index is -0.471. The summed E-state index contributed by atoms with van der Waals surface area (Å²) < 4.78 is 0. The van der Waals surface area contributed by atoms with Crippen molar-refractivity contribution in [3.63, 3.8) is 0 Å². The Bertz CT molecular complexity index is 973. The number of halogens is 1. The van der Waals surface area contributed by atoms with Crippen LogP contribution in [-0.2, 0) is 9.59 Å². The molecule has 0 bridgehead atoms. The molecule has 1 aliphatic rings. The van der Waals surface area contributed by atoms with Gasteiger partial charge < -0.3 is 10.6 Å². The average Bonchev–Trinajstić information content (AvgIpc) is 2.70. The van der Waals surface area contributed by atoms with Crippen molar-refractivity contribution >= 4 is 46.4 Å². The first-order chi connectivity index (χ1) is 13.8. The molecular weight excluding hydrogens is 392 g/mol. The van der Waals surface area contributed by atoms with Gasteiger partial charge in [0.15, 0.2) is 0 Å². The number of benzene rings is 2. The number of amides is 3. The number of carbonyl (C=O) groups is 3. The van der Waals surface area contributed by atoms with Gasteiger partial charge in [-0.15, -0.1) is 0 Å². The normalized spacial score (nSPS) is 13.9. The second kappa shape index (κ2) is 8.87. The molecule has 1 heterocycles. The zero-order chi connectivity index (χ0) is 21.0. The van der Waals surface area contributed by atoms with E-state index in [1.165, 1.54) is 11.1 Å². The lowest BCUT2D eigenvalue weighted by atomic mass is 10.1. The highest BCUT2D eigenvalue weighted by Gasteiger charge is 2.26. The van der Waals surface area contributed by atoms with Crippen molar-refractivity contribution in [2.75, 3.05) is 10.3 Å². The average molecular weight is 413 g/mol. The lowest BCUT2D eigenvalue weighted by Crippen LogP contribution is -2.36. The summed E-state index contributed by atoms with van der Waals surface area (Å²) >= 11 is 6.19. The number of nitrogens with one attached hydrogen (secondary N) is 2. The Balaban J connectivity index is 1.81. The highest BCUT2D eigenvalue weighted by molar-refractivity contribution is 6.45. The van der Waals surface area contributed by atoms with Gasteiger partial charge in [-0.1, -0.05) is 29.8 Å². The van der Waals surface area contributed by atoms with Crippen LogP contribution in [0.5, 0.6) is 0 Å². The predicted octanol–water partition coefficient (Wildman–Crippen LogP) is 3.60. The van der Waals surface area contributed by atoms with Gasteiger partial charge in [0, 0.05) is 24.4 Å². The minimum absolute atomic E-state index is 0.0191. The molecule has 1 aliphatic heterocycles. The highest BCUT2D eigenvalue weighted by atomic mass is 35.5. The Labute approximate surface area is 173 Å². The molecule has 3 amide bonds. The fourth-order valence-electron chi connectivity index (χ4n) is 2.79. The van der Waals surface area contributed by atoms with Gasteiger partial charge in [0.2, 0.25) is 5.91 Å². The molecule has 0 saturated carbocycles. The van der Waals surface area contributed by atoms with Gasteiger partial charge in [0.1, 0.15) is 5.71 Å². The van der Waals surface area contributed by atoms with Crippen molar-refractivity contribution in [3.8, 4) is 0 Å². The van der Waals surface area contributed by atoms with Crippen LogP contribution in [0, 0.1) is 0 Å². The van der Waals surface area contributed by atoms with Crippen molar-refractivity contribution in [1.82, 2.24) is 5.32 Å². The van der Waals surface area contributed by atoms with Gasteiger partial charge in [-0.05, 0) is 44.2 Å².